The SMILES string of the molecule is CCCCCCCCCCCc1ccc(Oc2ccccc2)c(S(=O)(=O)O)c1. The van der Waals surface area contributed by atoms with Crippen molar-refractivity contribution in [2.24, 2.45) is 0 Å². The first-order valence-electron chi connectivity index (χ1n) is 10.3. The monoisotopic (exact) mass is 404 g/mol. The standard InChI is InChI=1S/C23H32O4S/c1-2-3-4-5-6-7-8-9-11-14-20-17-18-22(23(19-20)28(24,25)26)27-21-15-12-10-13-16-21/h10,12-13,15-19H,2-9,11,14H2,1H3,(H,24,25,26). The van der Waals surface area contributed by atoms with Crippen molar-refractivity contribution >= 4 is 10.1 Å². The molecule has 0 saturated carbocycles. The fraction of sp³-hybridized carbons (Fsp3) is 0.478. The van der Waals surface area contributed by atoms with E-state index in [1.807, 2.05) is 12.1 Å². The second-order valence-corrected chi connectivity index (χ2v) is 8.64. The lowest BCUT2D eigenvalue weighted by molar-refractivity contribution is 0.449. The molecule has 0 aromatic heterocycles. The summed E-state index contributed by atoms with van der Waals surface area (Å²) in [7, 11) is -4.35. The molecular weight excluding hydrogens is 372 g/mol. The summed E-state index contributed by atoms with van der Waals surface area (Å²) in [6.45, 7) is 2.23. The quantitative estimate of drug-likeness (QED) is 0.294. The lowest BCUT2D eigenvalue weighted by Gasteiger charge is -2.11. The molecule has 1 N–H and O–H groups in total. The van der Waals surface area contributed by atoms with Crippen LogP contribution < -0.4 is 4.74 Å². The zero-order valence-corrected chi connectivity index (χ0v) is 17.6. The molecule has 0 amide bonds. The third-order valence-electron chi connectivity index (χ3n) is 4.83. The molecule has 2 rings (SSSR count). The van der Waals surface area contributed by atoms with E-state index in [1.165, 1.54) is 51.0 Å². The van der Waals surface area contributed by atoms with Crippen molar-refractivity contribution in [1.29, 1.82) is 0 Å². The van der Waals surface area contributed by atoms with Crippen LogP contribution >= 0.6 is 0 Å². The summed E-state index contributed by atoms with van der Waals surface area (Å²) in [5, 5.41) is 0. The van der Waals surface area contributed by atoms with Gasteiger partial charge in [0, 0.05) is 0 Å². The number of aryl methyl sites for hydroxylation is 1. The third kappa shape index (κ3) is 8.03. The zero-order chi connectivity index (χ0) is 20.2. The number of hydrogen-bond acceptors (Lipinski definition) is 3. The minimum atomic E-state index is -4.35. The van der Waals surface area contributed by atoms with Gasteiger partial charge in [-0.1, -0.05) is 82.6 Å². The molecule has 0 saturated heterocycles. The Hall–Kier alpha value is -1.85. The Balaban J connectivity index is 1.87. The molecule has 0 aliphatic carbocycles. The van der Waals surface area contributed by atoms with Gasteiger partial charge in [-0.15, -0.1) is 0 Å². The van der Waals surface area contributed by atoms with Gasteiger partial charge in [0.2, 0.25) is 0 Å². The van der Waals surface area contributed by atoms with Gasteiger partial charge in [-0.2, -0.15) is 8.42 Å². The molecule has 0 atom stereocenters. The Morgan fingerprint density at radius 1 is 0.821 bits per heavy atom. The normalized spacial score (nSPS) is 11.5. The van der Waals surface area contributed by atoms with E-state index in [-0.39, 0.29) is 10.6 Å². The fourth-order valence-electron chi connectivity index (χ4n) is 3.25. The molecule has 0 aliphatic heterocycles. The molecule has 0 unspecified atom stereocenters. The van der Waals surface area contributed by atoms with Crippen LogP contribution in [0.5, 0.6) is 11.5 Å². The highest BCUT2D eigenvalue weighted by Crippen LogP contribution is 2.30. The van der Waals surface area contributed by atoms with E-state index in [2.05, 4.69) is 6.92 Å². The Morgan fingerprint density at radius 2 is 1.43 bits per heavy atom. The molecule has 0 aliphatic rings. The van der Waals surface area contributed by atoms with Crippen molar-refractivity contribution in [3.05, 3.63) is 54.1 Å². The molecule has 0 radical (unpaired) electrons. The van der Waals surface area contributed by atoms with Crippen molar-refractivity contribution in [2.75, 3.05) is 0 Å². The topological polar surface area (TPSA) is 63.6 Å². The Bertz CT molecular complexity index is 801. The van der Waals surface area contributed by atoms with Crippen LogP contribution in [0.3, 0.4) is 0 Å². The summed E-state index contributed by atoms with van der Waals surface area (Å²) in [5.41, 5.74) is 0.899. The van der Waals surface area contributed by atoms with Gasteiger partial charge in [0.1, 0.15) is 16.4 Å². The Morgan fingerprint density at radius 3 is 2.04 bits per heavy atom. The summed E-state index contributed by atoms with van der Waals surface area (Å²) >= 11 is 0. The van der Waals surface area contributed by atoms with E-state index in [0.717, 1.165) is 24.8 Å². The molecule has 4 nitrogen and oxygen atoms in total. The van der Waals surface area contributed by atoms with E-state index >= 15 is 0 Å². The maximum Gasteiger partial charge on any atom is 0.298 e. The van der Waals surface area contributed by atoms with E-state index in [0.29, 0.717) is 5.75 Å². The summed E-state index contributed by atoms with van der Waals surface area (Å²) in [6.07, 6.45) is 12.0. The highest BCUT2D eigenvalue weighted by molar-refractivity contribution is 7.86. The smallest absolute Gasteiger partial charge is 0.298 e. The highest BCUT2D eigenvalue weighted by atomic mass is 32.2. The average molecular weight is 405 g/mol. The number of ether oxygens (including phenoxy) is 1. The maximum atomic E-state index is 11.8. The second-order valence-electron chi connectivity index (χ2n) is 7.25. The van der Waals surface area contributed by atoms with Gasteiger partial charge in [0.15, 0.2) is 0 Å². The van der Waals surface area contributed by atoms with E-state index in [9.17, 15) is 13.0 Å². The molecule has 0 spiro atoms. The van der Waals surface area contributed by atoms with Gasteiger partial charge in [-0.3, -0.25) is 4.55 Å². The first-order valence-corrected chi connectivity index (χ1v) is 11.8. The van der Waals surface area contributed by atoms with Gasteiger partial charge in [0.05, 0.1) is 0 Å². The molecule has 2 aromatic carbocycles. The van der Waals surface area contributed by atoms with Crippen LogP contribution in [-0.4, -0.2) is 13.0 Å². The third-order valence-corrected chi connectivity index (χ3v) is 5.70. The average Bonchev–Trinajstić information content (AvgIpc) is 2.67. The van der Waals surface area contributed by atoms with Crippen LogP contribution in [0.4, 0.5) is 0 Å². The number of para-hydroxylation sites is 1. The summed E-state index contributed by atoms with van der Waals surface area (Å²) < 4.78 is 38.8. The minimum Gasteiger partial charge on any atom is -0.456 e. The molecule has 2 aromatic rings. The van der Waals surface area contributed by atoms with Crippen LogP contribution in [0.15, 0.2) is 53.4 Å². The number of hydrogen-bond donors (Lipinski definition) is 1. The van der Waals surface area contributed by atoms with Crippen molar-refractivity contribution in [1.82, 2.24) is 0 Å². The van der Waals surface area contributed by atoms with Crippen molar-refractivity contribution in [3.63, 3.8) is 0 Å². The van der Waals surface area contributed by atoms with Crippen LogP contribution in [-0.2, 0) is 16.5 Å². The van der Waals surface area contributed by atoms with E-state index in [4.69, 9.17) is 4.74 Å². The number of rotatable bonds is 13. The largest absolute Gasteiger partial charge is 0.456 e. The number of benzene rings is 2. The molecule has 28 heavy (non-hydrogen) atoms. The van der Waals surface area contributed by atoms with Crippen LogP contribution in [0.2, 0.25) is 0 Å². The molecular formula is C23H32O4S. The first kappa shape index (κ1) is 22.4. The lowest BCUT2D eigenvalue weighted by Crippen LogP contribution is -2.02. The summed E-state index contributed by atoms with van der Waals surface area (Å²) in [6, 6.07) is 14.0. The Labute approximate surface area is 169 Å². The maximum absolute atomic E-state index is 11.8. The first-order chi connectivity index (χ1) is 13.5. The predicted octanol–water partition coefficient (Wildman–Crippen LogP) is 6.80. The van der Waals surface area contributed by atoms with Crippen molar-refractivity contribution in [3.8, 4) is 11.5 Å². The van der Waals surface area contributed by atoms with Crippen molar-refractivity contribution in [2.45, 2.75) is 76.0 Å². The van der Waals surface area contributed by atoms with E-state index in [1.54, 1.807) is 30.3 Å². The Kier molecular flexibility index (Phi) is 9.51. The van der Waals surface area contributed by atoms with Gasteiger partial charge >= 0.3 is 0 Å². The summed E-state index contributed by atoms with van der Waals surface area (Å²) in [4.78, 5) is -0.176. The minimum absolute atomic E-state index is 0.143. The van der Waals surface area contributed by atoms with Gasteiger partial charge in [-0.25, -0.2) is 0 Å². The fourth-order valence-corrected chi connectivity index (χ4v) is 3.91. The zero-order valence-electron chi connectivity index (χ0n) is 16.8. The van der Waals surface area contributed by atoms with Crippen molar-refractivity contribution < 1.29 is 17.7 Å². The van der Waals surface area contributed by atoms with Gasteiger partial charge in [-0.05, 0) is 42.7 Å². The highest BCUT2D eigenvalue weighted by Gasteiger charge is 2.18. The van der Waals surface area contributed by atoms with Crippen LogP contribution in [0.25, 0.3) is 0 Å². The van der Waals surface area contributed by atoms with Gasteiger partial charge < -0.3 is 4.74 Å². The molecule has 154 valence electrons. The molecule has 5 heteroatoms. The van der Waals surface area contributed by atoms with Gasteiger partial charge in [0.25, 0.3) is 10.1 Å². The van der Waals surface area contributed by atoms with E-state index < -0.39 is 10.1 Å². The summed E-state index contributed by atoms with van der Waals surface area (Å²) in [5.74, 6) is 0.670. The number of unbranched alkanes of at least 4 members (excludes halogenated alkanes) is 8. The lowest BCUT2D eigenvalue weighted by atomic mass is 10.0. The molecule has 0 bridgehead atoms. The van der Waals surface area contributed by atoms with Crippen LogP contribution in [0, 0.1) is 0 Å². The molecule has 0 fully saturated rings. The van der Waals surface area contributed by atoms with Crippen LogP contribution in [0.1, 0.15) is 70.3 Å². The second kappa shape index (κ2) is 11.9. The molecule has 0 heterocycles. The predicted molar refractivity (Wildman–Crippen MR) is 114 cm³/mol.